The summed E-state index contributed by atoms with van der Waals surface area (Å²) in [5, 5.41) is 6.90. The molecule has 1 heterocycles. The molecule has 1 aromatic rings. The van der Waals surface area contributed by atoms with E-state index >= 15 is 0 Å². The lowest BCUT2D eigenvalue weighted by atomic mass is 9.85. The first-order chi connectivity index (χ1) is 10.7. The fourth-order valence-corrected chi connectivity index (χ4v) is 3.84. The highest BCUT2D eigenvalue weighted by Gasteiger charge is 2.15. The molecule has 0 saturated heterocycles. The van der Waals surface area contributed by atoms with Crippen molar-refractivity contribution in [3.8, 4) is 0 Å². The molecule has 1 aliphatic carbocycles. The van der Waals surface area contributed by atoms with E-state index in [1.54, 1.807) is 11.3 Å². The van der Waals surface area contributed by atoms with Crippen molar-refractivity contribution in [2.24, 2.45) is 10.9 Å². The highest BCUT2D eigenvalue weighted by Crippen LogP contribution is 2.27. The van der Waals surface area contributed by atoms with Gasteiger partial charge in [-0.15, -0.1) is 11.3 Å². The molecule has 1 unspecified atom stereocenters. The van der Waals surface area contributed by atoms with Gasteiger partial charge in [-0.2, -0.15) is 0 Å². The average Bonchev–Trinajstić information content (AvgIpc) is 2.95. The average molecular weight is 323 g/mol. The minimum atomic E-state index is 0.468. The fraction of sp³-hybridized carbons (Fsp3) is 0.765. The molecule has 1 aromatic heterocycles. The summed E-state index contributed by atoms with van der Waals surface area (Å²) in [5.74, 6) is 1.84. The molecule has 1 fully saturated rings. The van der Waals surface area contributed by atoms with Gasteiger partial charge in [-0.1, -0.05) is 32.1 Å². The van der Waals surface area contributed by atoms with Gasteiger partial charge in [0.1, 0.15) is 0 Å². The van der Waals surface area contributed by atoms with Crippen molar-refractivity contribution in [2.75, 3.05) is 7.05 Å². The predicted octanol–water partition coefficient (Wildman–Crippen LogP) is 3.87. The van der Waals surface area contributed by atoms with Gasteiger partial charge in [0, 0.05) is 18.0 Å². The van der Waals surface area contributed by atoms with Crippen LogP contribution in [-0.4, -0.2) is 24.0 Å². The zero-order valence-electron chi connectivity index (χ0n) is 14.2. The number of thiazole rings is 1. The summed E-state index contributed by atoms with van der Waals surface area (Å²) in [6.07, 6.45) is 9.75. The van der Waals surface area contributed by atoms with Crippen LogP contribution in [0.2, 0.25) is 0 Å². The Morgan fingerprint density at radius 1 is 1.41 bits per heavy atom. The van der Waals surface area contributed by atoms with E-state index in [-0.39, 0.29) is 0 Å². The Labute approximate surface area is 138 Å². The lowest BCUT2D eigenvalue weighted by Gasteiger charge is -2.24. The van der Waals surface area contributed by atoms with Gasteiger partial charge < -0.3 is 10.6 Å². The molecule has 1 aliphatic rings. The first-order valence-corrected chi connectivity index (χ1v) is 9.43. The summed E-state index contributed by atoms with van der Waals surface area (Å²) in [6, 6.07) is 0.468. The third-order valence-electron chi connectivity index (χ3n) is 4.60. The molecule has 1 saturated carbocycles. The van der Waals surface area contributed by atoms with Gasteiger partial charge >= 0.3 is 0 Å². The third-order valence-corrected chi connectivity index (χ3v) is 5.54. The Morgan fingerprint density at radius 3 is 2.82 bits per heavy atom. The number of aromatic nitrogens is 1. The second-order valence-electron chi connectivity index (χ2n) is 6.41. The molecule has 0 aromatic carbocycles. The summed E-state index contributed by atoms with van der Waals surface area (Å²) in [6.45, 7) is 5.11. The summed E-state index contributed by atoms with van der Waals surface area (Å²) in [5.41, 5.74) is 3.01. The quantitative estimate of drug-likeness (QED) is 0.617. The number of hydrogen-bond acceptors (Lipinski definition) is 3. The molecular formula is C17H30N4S. The Balaban J connectivity index is 1.69. The number of guanidine groups is 1. The van der Waals surface area contributed by atoms with Gasteiger partial charge in [0.15, 0.2) is 5.96 Å². The van der Waals surface area contributed by atoms with Crippen molar-refractivity contribution in [3.63, 3.8) is 0 Å². The number of aliphatic imine (C=N–C) groups is 1. The summed E-state index contributed by atoms with van der Waals surface area (Å²) in [4.78, 5) is 9.89. The van der Waals surface area contributed by atoms with E-state index in [2.05, 4.69) is 34.5 Å². The van der Waals surface area contributed by atoms with Crippen molar-refractivity contribution in [1.82, 2.24) is 15.6 Å². The molecule has 0 aliphatic heterocycles. The molecule has 0 bridgehead atoms. The van der Waals surface area contributed by atoms with Crippen LogP contribution < -0.4 is 10.6 Å². The van der Waals surface area contributed by atoms with Crippen LogP contribution in [0.15, 0.2) is 10.5 Å². The van der Waals surface area contributed by atoms with E-state index in [1.165, 1.54) is 49.8 Å². The maximum absolute atomic E-state index is 4.33. The van der Waals surface area contributed by atoms with E-state index in [1.807, 2.05) is 12.6 Å². The second-order valence-corrected chi connectivity index (χ2v) is 7.35. The van der Waals surface area contributed by atoms with Crippen molar-refractivity contribution in [3.05, 3.63) is 16.1 Å². The lowest BCUT2D eigenvalue weighted by Crippen LogP contribution is -2.42. The van der Waals surface area contributed by atoms with Gasteiger partial charge in [-0.25, -0.2) is 4.98 Å². The molecule has 1 atom stereocenters. The van der Waals surface area contributed by atoms with Gasteiger partial charge in [-0.05, 0) is 32.6 Å². The molecule has 22 heavy (non-hydrogen) atoms. The third kappa shape index (κ3) is 5.59. The SMILES string of the molecule is CN=C(NCc1scnc1C)NC(C)CCC1CCCCC1. The number of rotatable bonds is 6. The van der Waals surface area contributed by atoms with Crippen LogP contribution in [0.4, 0.5) is 0 Å². The fourth-order valence-electron chi connectivity index (χ4n) is 3.12. The van der Waals surface area contributed by atoms with Gasteiger partial charge in [0.25, 0.3) is 0 Å². The lowest BCUT2D eigenvalue weighted by molar-refractivity contribution is 0.322. The molecular weight excluding hydrogens is 292 g/mol. The van der Waals surface area contributed by atoms with Crippen molar-refractivity contribution < 1.29 is 0 Å². The molecule has 0 radical (unpaired) electrons. The Kier molecular flexibility index (Phi) is 7.16. The molecule has 4 nitrogen and oxygen atoms in total. The zero-order valence-corrected chi connectivity index (χ0v) is 15.0. The second kappa shape index (κ2) is 9.13. The first kappa shape index (κ1) is 17.3. The molecule has 5 heteroatoms. The van der Waals surface area contributed by atoms with Crippen LogP contribution in [-0.2, 0) is 6.54 Å². The Bertz CT molecular complexity index is 463. The van der Waals surface area contributed by atoms with E-state index in [9.17, 15) is 0 Å². The van der Waals surface area contributed by atoms with Gasteiger partial charge in [-0.3, -0.25) is 4.99 Å². The van der Waals surface area contributed by atoms with Crippen molar-refractivity contribution in [1.29, 1.82) is 0 Å². The Morgan fingerprint density at radius 2 is 2.18 bits per heavy atom. The normalized spacial score (nSPS) is 18.2. The Hall–Kier alpha value is -1.10. The molecule has 124 valence electrons. The predicted molar refractivity (Wildman–Crippen MR) is 95.5 cm³/mol. The van der Waals surface area contributed by atoms with Crippen LogP contribution in [0.25, 0.3) is 0 Å². The maximum Gasteiger partial charge on any atom is 0.191 e. The minimum Gasteiger partial charge on any atom is -0.354 e. The number of nitrogens with zero attached hydrogens (tertiary/aromatic N) is 2. The van der Waals surface area contributed by atoms with E-state index in [0.29, 0.717) is 6.04 Å². The molecule has 2 N–H and O–H groups in total. The highest BCUT2D eigenvalue weighted by atomic mass is 32.1. The summed E-state index contributed by atoms with van der Waals surface area (Å²) >= 11 is 1.69. The number of aryl methyl sites for hydroxylation is 1. The smallest absolute Gasteiger partial charge is 0.191 e. The van der Waals surface area contributed by atoms with Crippen LogP contribution in [0.3, 0.4) is 0 Å². The molecule has 0 spiro atoms. The van der Waals surface area contributed by atoms with Crippen LogP contribution >= 0.6 is 11.3 Å². The maximum atomic E-state index is 4.33. The number of hydrogen-bond donors (Lipinski definition) is 2. The van der Waals surface area contributed by atoms with Crippen LogP contribution in [0.5, 0.6) is 0 Å². The van der Waals surface area contributed by atoms with Gasteiger partial charge in [0.2, 0.25) is 0 Å². The monoisotopic (exact) mass is 322 g/mol. The van der Waals surface area contributed by atoms with E-state index in [4.69, 9.17) is 0 Å². The first-order valence-electron chi connectivity index (χ1n) is 8.55. The van der Waals surface area contributed by atoms with Crippen LogP contribution in [0.1, 0.15) is 62.4 Å². The zero-order chi connectivity index (χ0) is 15.8. The summed E-state index contributed by atoms with van der Waals surface area (Å²) < 4.78 is 0. The standard InChI is InChI=1S/C17H30N4S/c1-13(9-10-15-7-5-4-6-8-15)21-17(18-3)19-11-16-14(2)20-12-22-16/h12-13,15H,4-11H2,1-3H3,(H2,18,19,21). The molecule has 2 rings (SSSR count). The van der Waals surface area contributed by atoms with Crippen molar-refractivity contribution >= 4 is 17.3 Å². The highest BCUT2D eigenvalue weighted by molar-refractivity contribution is 7.09. The summed E-state index contributed by atoms with van der Waals surface area (Å²) in [7, 11) is 1.84. The number of nitrogens with one attached hydrogen (secondary N) is 2. The largest absolute Gasteiger partial charge is 0.354 e. The minimum absolute atomic E-state index is 0.468. The van der Waals surface area contributed by atoms with Crippen molar-refractivity contribution in [2.45, 2.75) is 71.4 Å². The van der Waals surface area contributed by atoms with Crippen LogP contribution in [0, 0.1) is 12.8 Å². The molecule has 0 amide bonds. The van der Waals surface area contributed by atoms with Gasteiger partial charge in [0.05, 0.1) is 17.7 Å². The topological polar surface area (TPSA) is 49.3 Å². The van der Waals surface area contributed by atoms with E-state index in [0.717, 1.165) is 24.1 Å². The van der Waals surface area contributed by atoms with E-state index < -0.39 is 0 Å².